The summed E-state index contributed by atoms with van der Waals surface area (Å²) in [7, 11) is 0. The smallest absolute Gasteiger partial charge is 0.311 e. The average Bonchev–Trinajstić information content (AvgIpc) is 3.33. The maximum Gasteiger partial charge on any atom is 0.311 e. The number of carbonyl (C=O) groups excluding carboxylic acids is 1. The standard InChI is InChI=1S/C20H17FN6O4/c1-10(20-23-11(2)26-31-20)22-19(30)13-7-15(12-3-5-14(21)6-4-12)18-24-16(8-17(28)29)25-27(18)9-13/h3-7,9-10H,8H2,1-2H3,(H,22,30)(H,28,29)/t10-/m1/s1. The molecule has 1 aromatic carbocycles. The van der Waals surface area contributed by atoms with E-state index in [1.807, 2.05) is 0 Å². The Labute approximate surface area is 174 Å². The van der Waals surface area contributed by atoms with E-state index < -0.39 is 23.7 Å². The Morgan fingerprint density at radius 3 is 2.65 bits per heavy atom. The number of hydrogen-bond acceptors (Lipinski definition) is 7. The summed E-state index contributed by atoms with van der Waals surface area (Å²) in [6.45, 7) is 3.37. The van der Waals surface area contributed by atoms with Crippen LogP contribution in [0, 0.1) is 12.7 Å². The number of aryl methyl sites for hydroxylation is 1. The van der Waals surface area contributed by atoms with Crippen molar-refractivity contribution in [1.82, 2.24) is 30.1 Å². The molecular formula is C20H17FN6O4. The minimum Gasteiger partial charge on any atom is -0.481 e. The van der Waals surface area contributed by atoms with Crippen LogP contribution in [0.3, 0.4) is 0 Å². The van der Waals surface area contributed by atoms with Gasteiger partial charge in [0.1, 0.15) is 18.3 Å². The lowest BCUT2D eigenvalue weighted by atomic mass is 10.0. The predicted molar refractivity (Wildman–Crippen MR) is 105 cm³/mol. The second-order valence-corrected chi connectivity index (χ2v) is 6.89. The van der Waals surface area contributed by atoms with Crippen molar-refractivity contribution in [1.29, 1.82) is 0 Å². The number of amides is 1. The van der Waals surface area contributed by atoms with Crippen LogP contribution in [0.1, 0.15) is 40.9 Å². The predicted octanol–water partition coefficient (Wildman–Crippen LogP) is 2.34. The number of fused-ring (bicyclic) bond motifs is 1. The Kier molecular flexibility index (Phi) is 5.15. The molecule has 4 aromatic rings. The third-order valence-corrected chi connectivity index (χ3v) is 4.47. The molecule has 2 N–H and O–H groups in total. The molecule has 31 heavy (non-hydrogen) atoms. The van der Waals surface area contributed by atoms with Crippen molar-refractivity contribution in [2.24, 2.45) is 0 Å². The fourth-order valence-corrected chi connectivity index (χ4v) is 3.04. The van der Waals surface area contributed by atoms with Crippen LogP contribution in [0.15, 0.2) is 41.1 Å². The number of benzene rings is 1. The molecule has 0 unspecified atom stereocenters. The van der Waals surface area contributed by atoms with Crippen LogP contribution in [-0.4, -0.2) is 41.7 Å². The molecule has 158 valence electrons. The highest BCUT2D eigenvalue weighted by molar-refractivity contribution is 5.96. The molecule has 0 aliphatic heterocycles. The first-order valence-electron chi connectivity index (χ1n) is 9.28. The van der Waals surface area contributed by atoms with E-state index in [-0.39, 0.29) is 23.7 Å². The van der Waals surface area contributed by atoms with Gasteiger partial charge in [0.2, 0.25) is 5.89 Å². The molecule has 0 saturated carbocycles. The number of carbonyl (C=O) groups is 2. The van der Waals surface area contributed by atoms with Crippen LogP contribution < -0.4 is 5.32 Å². The Bertz CT molecular complexity index is 1280. The van der Waals surface area contributed by atoms with Crippen molar-refractivity contribution in [3.8, 4) is 11.1 Å². The lowest BCUT2D eigenvalue weighted by Crippen LogP contribution is -2.27. The fraction of sp³-hybridized carbons (Fsp3) is 0.200. The van der Waals surface area contributed by atoms with E-state index in [0.29, 0.717) is 22.6 Å². The highest BCUT2D eigenvalue weighted by Crippen LogP contribution is 2.26. The van der Waals surface area contributed by atoms with E-state index in [0.717, 1.165) is 0 Å². The number of nitrogens with one attached hydrogen (secondary N) is 1. The van der Waals surface area contributed by atoms with Gasteiger partial charge in [0.15, 0.2) is 17.3 Å². The number of carboxylic acid groups (broad SMARTS) is 1. The minimum absolute atomic E-state index is 0.0862. The van der Waals surface area contributed by atoms with Crippen molar-refractivity contribution in [2.75, 3.05) is 0 Å². The molecule has 11 heteroatoms. The van der Waals surface area contributed by atoms with Crippen LogP contribution in [0.25, 0.3) is 16.8 Å². The van der Waals surface area contributed by atoms with Gasteiger partial charge in [0, 0.05) is 11.8 Å². The maximum absolute atomic E-state index is 13.4. The number of rotatable bonds is 6. The Balaban J connectivity index is 1.75. The van der Waals surface area contributed by atoms with E-state index in [1.165, 1.54) is 22.8 Å². The first-order valence-corrected chi connectivity index (χ1v) is 9.28. The van der Waals surface area contributed by atoms with Gasteiger partial charge in [-0.2, -0.15) is 10.1 Å². The highest BCUT2D eigenvalue weighted by atomic mass is 19.1. The van der Waals surface area contributed by atoms with Crippen molar-refractivity contribution < 1.29 is 23.6 Å². The molecule has 0 bridgehead atoms. The molecule has 1 atom stereocenters. The lowest BCUT2D eigenvalue weighted by molar-refractivity contribution is -0.136. The molecule has 3 heterocycles. The summed E-state index contributed by atoms with van der Waals surface area (Å²) in [6.07, 6.45) is 1.07. The Morgan fingerprint density at radius 2 is 2.00 bits per heavy atom. The molecule has 1 amide bonds. The van der Waals surface area contributed by atoms with Crippen molar-refractivity contribution in [3.05, 3.63) is 65.4 Å². The van der Waals surface area contributed by atoms with Crippen LogP contribution in [0.2, 0.25) is 0 Å². The SMILES string of the molecule is Cc1noc([C@@H](C)NC(=O)c2cc(-c3ccc(F)cc3)c3nc(CC(=O)O)nn3c2)n1. The van der Waals surface area contributed by atoms with Gasteiger partial charge in [-0.3, -0.25) is 9.59 Å². The maximum atomic E-state index is 13.4. The molecular weight excluding hydrogens is 407 g/mol. The number of carboxylic acids is 1. The summed E-state index contributed by atoms with van der Waals surface area (Å²) in [5.74, 6) is -1.14. The quantitative estimate of drug-likeness (QED) is 0.481. The highest BCUT2D eigenvalue weighted by Gasteiger charge is 2.20. The van der Waals surface area contributed by atoms with Gasteiger partial charge < -0.3 is 14.9 Å². The Hall–Kier alpha value is -4.15. The molecule has 0 saturated heterocycles. The number of nitrogens with zero attached hydrogens (tertiary/aromatic N) is 5. The van der Waals surface area contributed by atoms with Crippen molar-refractivity contribution in [2.45, 2.75) is 26.3 Å². The molecule has 10 nitrogen and oxygen atoms in total. The topological polar surface area (TPSA) is 136 Å². The van der Waals surface area contributed by atoms with Crippen molar-refractivity contribution in [3.63, 3.8) is 0 Å². The van der Waals surface area contributed by atoms with E-state index in [4.69, 9.17) is 9.63 Å². The molecule has 0 spiro atoms. The van der Waals surface area contributed by atoms with Crippen LogP contribution in [-0.2, 0) is 11.2 Å². The van der Waals surface area contributed by atoms with E-state index in [1.54, 1.807) is 32.0 Å². The van der Waals surface area contributed by atoms with Gasteiger partial charge in [-0.15, -0.1) is 0 Å². The molecule has 0 fully saturated rings. The van der Waals surface area contributed by atoms with Crippen LogP contribution in [0.4, 0.5) is 4.39 Å². The monoisotopic (exact) mass is 424 g/mol. The fourth-order valence-electron chi connectivity index (χ4n) is 3.04. The minimum atomic E-state index is -1.08. The lowest BCUT2D eigenvalue weighted by Gasteiger charge is -2.11. The van der Waals surface area contributed by atoms with Gasteiger partial charge >= 0.3 is 5.97 Å². The summed E-state index contributed by atoms with van der Waals surface area (Å²) in [5.41, 5.74) is 1.68. The number of hydrogen-bond donors (Lipinski definition) is 2. The first-order chi connectivity index (χ1) is 14.8. The zero-order valence-electron chi connectivity index (χ0n) is 16.5. The summed E-state index contributed by atoms with van der Waals surface area (Å²) >= 11 is 0. The van der Waals surface area contributed by atoms with Gasteiger partial charge in [0.05, 0.1) is 5.56 Å². The third kappa shape index (κ3) is 4.25. The zero-order chi connectivity index (χ0) is 22.1. The molecule has 0 radical (unpaired) electrons. The summed E-state index contributed by atoms with van der Waals surface area (Å²) in [6, 6.07) is 6.70. The second kappa shape index (κ2) is 7.94. The molecule has 0 aliphatic carbocycles. The number of aromatic nitrogens is 5. The van der Waals surface area contributed by atoms with E-state index in [2.05, 4.69) is 25.5 Å². The molecule has 0 aliphatic rings. The molecule has 4 rings (SSSR count). The largest absolute Gasteiger partial charge is 0.481 e. The van der Waals surface area contributed by atoms with Crippen molar-refractivity contribution >= 4 is 17.5 Å². The van der Waals surface area contributed by atoms with E-state index in [9.17, 15) is 14.0 Å². The first kappa shape index (κ1) is 20.1. The number of halogens is 1. The van der Waals surface area contributed by atoms with E-state index >= 15 is 0 Å². The summed E-state index contributed by atoms with van der Waals surface area (Å²) in [4.78, 5) is 32.3. The zero-order valence-corrected chi connectivity index (χ0v) is 16.5. The Morgan fingerprint density at radius 1 is 1.26 bits per heavy atom. The van der Waals surface area contributed by atoms with Gasteiger partial charge in [-0.05, 0) is 37.6 Å². The van der Waals surface area contributed by atoms with Gasteiger partial charge in [-0.25, -0.2) is 13.9 Å². The number of aliphatic carboxylic acids is 1. The summed E-state index contributed by atoms with van der Waals surface area (Å²) < 4.78 is 19.8. The number of pyridine rings is 1. The van der Waals surface area contributed by atoms with Crippen LogP contribution in [0.5, 0.6) is 0 Å². The third-order valence-electron chi connectivity index (χ3n) is 4.47. The van der Waals surface area contributed by atoms with Gasteiger partial charge in [-0.1, -0.05) is 17.3 Å². The molecule has 3 aromatic heterocycles. The normalized spacial score (nSPS) is 12.1. The van der Waals surface area contributed by atoms with Gasteiger partial charge in [0.25, 0.3) is 5.91 Å². The second-order valence-electron chi connectivity index (χ2n) is 6.89. The van der Waals surface area contributed by atoms with Crippen LogP contribution >= 0.6 is 0 Å². The summed E-state index contributed by atoms with van der Waals surface area (Å²) in [5, 5.41) is 19.7. The average molecular weight is 424 g/mol.